The Morgan fingerprint density at radius 1 is 1.37 bits per heavy atom. The van der Waals surface area contributed by atoms with Crippen molar-refractivity contribution in [3.05, 3.63) is 42.2 Å². The van der Waals surface area contributed by atoms with Gasteiger partial charge in [0.25, 0.3) is 0 Å². The fourth-order valence-electron chi connectivity index (χ4n) is 2.65. The van der Waals surface area contributed by atoms with Crippen molar-refractivity contribution in [1.29, 1.82) is 0 Å². The lowest BCUT2D eigenvalue weighted by Gasteiger charge is -2.20. The zero-order valence-electron chi connectivity index (χ0n) is 11.3. The number of pyridine rings is 1. The van der Waals surface area contributed by atoms with Crippen LogP contribution in [0.5, 0.6) is 0 Å². The summed E-state index contributed by atoms with van der Waals surface area (Å²) in [7, 11) is 0. The molecule has 3 heteroatoms. The summed E-state index contributed by atoms with van der Waals surface area (Å²) >= 11 is 0. The molecule has 3 nitrogen and oxygen atoms in total. The lowest BCUT2D eigenvalue weighted by molar-refractivity contribution is 0.0832. The molecule has 2 atom stereocenters. The molecular weight excluding hydrogens is 236 g/mol. The Morgan fingerprint density at radius 2 is 2.32 bits per heavy atom. The zero-order chi connectivity index (χ0) is 13.1. The Labute approximate surface area is 114 Å². The molecule has 2 aromatic rings. The van der Waals surface area contributed by atoms with Crippen molar-refractivity contribution >= 4 is 10.8 Å². The van der Waals surface area contributed by atoms with E-state index >= 15 is 0 Å². The summed E-state index contributed by atoms with van der Waals surface area (Å²) < 4.78 is 5.70. The normalized spacial score (nSPS) is 20.8. The third kappa shape index (κ3) is 2.94. The van der Waals surface area contributed by atoms with Gasteiger partial charge < -0.3 is 10.1 Å². The summed E-state index contributed by atoms with van der Waals surface area (Å²) in [5, 5.41) is 6.01. The van der Waals surface area contributed by atoms with Gasteiger partial charge in [0.05, 0.1) is 6.10 Å². The Hall–Kier alpha value is -1.45. The van der Waals surface area contributed by atoms with Crippen molar-refractivity contribution in [2.75, 3.05) is 6.61 Å². The molecule has 1 N–H and O–H groups in total. The molecule has 0 spiro atoms. The number of benzene rings is 1. The van der Waals surface area contributed by atoms with Gasteiger partial charge in [0, 0.05) is 37.0 Å². The molecule has 0 bridgehead atoms. The third-order valence-electron chi connectivity index (χ3n) is 3.86. The first kappa shape index (κ1) is 12.6. The lowest BCUT2D eigenvalue weighted by Crippen LogP contribution is -2.36. The number of hydrogen-bond acceptors (Lipinski definition) is 3. The van der Waals surface area contributed by atoms with E-state index in [0.29, 0.717) is 12.1 Å². The van der Waals surface area contributed by atoms with E-state index in [1.165, 1.54) is 29.2 Å². The summed E-state index contributed by atoms with van der Waals surface area (Å²) in [6.07, 6.45) is 6.50. The smallest absolute Gasteiger partial charge is 0.0726 e. The second kappa shape index (κ2) is 5.68. The lowest BCUT2D eigenvalue weighted by atomic mass is 10.1. The van der Waals surface area contributed by atoms with E-state index in [-0.39, 0.29) is 0 Å². The monoisotopic (exact) mass is 256 g/mol. The summed E-state index contributed by atoms with van der Waals surface area (Å²) in [6.45, 7) is 4.01. The number of hydrogen-bond donors (Lipinski definition) is 1. The SMILES string of the molecule is CC(NCc1ccc2cnccc2c1)C1CCCO1. The highest BCUT2D eigenvalue weighted by molar-refractivity contribution is 5.81. The second-order valence-corrected chi connectivity index (χ2v) is 5.28. The molecule has 1 aromatic heterocycles. The van der Waals surface area contributed by atoms with Crippen LogP contribution in [0.4, 0.5) is 0 Å². The van der Waals surface area contributed by atoms with Gasteiger partial charge in [0.15, 0.2) is 0 Å². The first-order chi connectivity index (χ1) is 9.33. The Bertz CT molecular complexity index is 549. The van der Waals surface area contributed by atoms with E-state index in [9.17, 15) is 0 Å². The fourth-order valence-corrected chi connectivity index (χ4v) is 2.65. The van der Waals surface area contributed by atoms with E-state index in [0.717, 1.165) is 13.2 Å². The zero-order valence-corrected chi connectivity index (χ0v) is 11.3. The van der Waals surface area contributed by atoms with E-state index in [2.05, 4.69) is 41.5 Å². The van der Waals surface area contributed by atoms with Crippen LogP contribution in [0, 0.1) is 0 Å². The molecule has 3 rings (SSSR count). The molecule has 1 fully saturated rings. The van der Waals surface area contributed by atoms with Crippen molar-refractivity contribution < 1.29 is 4.74 Å². The van der Waals surface area contributed by atoms with Crippen molar-refractivity contribution in [3.8, 4) is 0 Å². The number of rotatable bonds is 4. The number of fused-ring (bicyclic) bond motifs is 1. The van der Waals surface area contributed by atoms with Crippen molar-refractivity contribution in [2.24, 2.45) is 0 Å². The molecule has 1 aromatic carbocycles. The standard InChI is InChI=1S/C16H20N2O/c1-12(16-3-2-8-19-16)18-10-13-4-5-15-11-17-7-6-14(15)9-13/h4-7,9,11-12,16,18H,2-3,8,10H2,1H3. The van der Waals surface area contributed by atoms with Crippen LogP contribution in [0.3, 0.4) is 0 Å². The fraction of sp³-hybridized carbons (Fsp3) is 0.438. The number of aromatic nitrogens is 1. The molecular formula is C16H20N2O. The van der Waals surface area contributed by atoms with Gasteiger partial charge in [-0.05, 0) is 42.8 Å². The average molecular weight is 256 g/mol. The third-order valence-corrected chi connectivity index (χ3v) is 3.86. The molecule has 0 radical (unpaired) electrons. The van der Waals surface area contributed by atoms with Crippen LogP contribution in [-0.2, 0) is 11.3 Å². The highest BCUT2D eigenvalue weighted by Gasteiger charge is 2.21. The summed E-state index contributed by atoms with van der Waals surface area (Å²) in [4.78, 5) is 4.14. The quantitative estimate of drug-likeness (QED) is 0.913. The minimum Gasteiger partial charge on any atom is -0.377 e. The summed E-state index contributed by atoms with van der Waals surface area (Å²) in [5.41, 5.74) is 1.31. The van der Waals surface area contributed by atoms with E-state index < -0.39 is 0 Å². The minimum absolute atomic E-state index is 0.379. The van der Waals surface area contributed by atoms with Gasteiger partial charge in [0.1, 0.15) is 0 Å². The molecule has 0 amide bonds. The van der Waals surface area contributed by atoms with Crippen LogP contribution in [0.2, 0.25) is 0 Å². The first-order valence-corrected chi connectivity index (χ1v) is 7.00. The van der Waals surface area contributed by atoms with Gasteiger partial charge in [-0.3, -0.25) is 4.98 Å². The maximum Gasteiger partial charge on any atom is 0.0726 e. The van der Waals surface area contributed by atoms with Crippen LogP contribution < -0.4 is 5.32 Å². The number of ether oxygens (including phenoxy) is 1. The van der Waals surface area contributed by atoms with Crippen LogP contribution >= 0.6 is 0 Å². The van der Waals surface area contributed by atoms with Crippen LogP contribution in [0.1, 0.15) is 25.3 Å². The molecule has 1 saturated heterocycles. The molecule has 100 valence electrons. The minimum atomic E-state index is 0.379. The van der Waals surface area contributed by atoms with Crippen molar-refractivity contribution in [2.45, 2.75) is 38.5 Å². The maximum absolute atomic E-state index is 5.70. The molecule has 2 unspecified atom stereocenters. The molecule has 1 aliphatic rings. The van der Waals surface area contributed by atoms with E-state index in [4.69, 9.17) is 4.74 Å². The average Bonchev–Trinajstić information content (AvgIpc) is 2.99. The van der Waals surface area contributed by atoms with Crippen molar-refractivity contribution in [1.82, 2.24) is 10.3 Å². The Kier molecular flexibility index (Phi) is 3.76. The predicted octanol–water partition coefficient (Wildman–Crippen LogP) is 2.89. The number of nitrogens with one attached hydrogen (secondary N) is 1. The second-order valence-electron chi connectivity index (χ2n) is 5.28. The number of nitrogens with zero attached hydrogens (tertiary/aromatic N) is 1. The molecule has 1 aliphatic heterocycles. The summed E-state index contributed by atoms with van der Waals surface area (Å²) in [6, 6.07) is 9.00. The predicted molar refractivity (Wildman–Crippen MR) is 77.0 cm³/mol. The first-order valence-electron chi connectivity index (χ1n) is 7.00. The van der Waals surface area contributed by atoms with Gasteiger partial charge in [-0.25, -0.2) is 0 Å². The Morgan fingerprint density at radius 3 is 3.16 bits per heavy atom. The van der Waals surface area contributed by atoms with Crippen LogP contribution in [0.25, 0.3) is 10.8 Å². The molecule has 2 heterocycles. The maximum atomic E-state index is 5.70. The van der Waals surface area contributed by atoms with Gasteiger partial charge in [-0.2, -0.15) is 0 Å². The largest absolute Gasteiger partial charge is 0.377 e. The van der Waals surface area contributed by atoms with E-state index in [1.54, 1.807) is 0 Å². The molecule has 0 saturated carbocycles. The van der Waals surface area contributed by atoms with Crippen LogP contribution in [0.15, 0.2) is 36.7 Å². The summed E-state index contributed by atoms with van der Waals surface area (Å²) in [5.74, 6) is 0. The highest BCUT2D eigenvalue weighted by atomic mass is 16.5. The topological polar surface area (TPSA) is 34.2 Å². The van der Waals surface area contributed by atoms with Gasteiger partial charge in [-0.15, -0.1) is 0 Å². The van der Waals surface area contributed by atoms with Crippen LogP contribution in [-0.4, -0.2) is 23.7 Å². The molecule has 0 aliphatic carbocycles. The van der Waals surface area contributed by atoms with Gasteiger partial charge >= 0.3 is 0 Å². The van der Waals surface area contributed by atoms with Crippen molar-refractivity contribution in [3.63, 3.8) is 0 Å². The highest BCUT2D eigenvalue weighted by Crippen LogP contribution is 2.17. The Balaban J connectivity index is 1.64. The molecule has 19 heavy (non-hydrogen) atoms. The van der Waals surface area contributed by atoms with Gasteiger partial charge in [0.2, 0.25) is 0 Å². The van der Waals surface area contributed by atoms with E-state index in [1.807, 2.05) is 12.4 Å². The van der Waals surface area contributed by atoms with Gasteiger partial charge in [-0.1, -0.05) is 12.1 Å².